The van der Waals surface area contributed by atoms with E-state index in [1.807, 2.05) is 12.1 Å². The van der Waals surface area contributed by atoms with E-state index in [9.17, 15) is 0 Å². The van der Waals surface area contributed by atoms with E-state index in [4.69, 9.17) is 16.2 Å². The highest BCUT2D eigenvalue weighted by Crippen LogP contribution is 2.12. The minimum Gasteiger partial charge on any atom is -0.398 e. The van der Waals surface area contributed by atoms with Crippen LogP contribution in [0.15, 0.2) is 24.3 Å². The van der Waals surface area contributed by atoms with Gasteiger partial charge in [-0.25, -0.2) is 0 Å². The first-order valence-electron chi connectivity index (χ1n) is 3.79. The Labute approximate surface area is 71.3 Å². The van der Waals surface area contributed by atoms with Crippen LogP contribution in [0.2, 0.25) is 0 Å². The molecular weight excluding hydrogens is 152 g/mol. The van der Waals surface area contributed by atoms with Gasteiger partial charge < -0.3 is 16.2 Å². The Balaban J connectivity index is 2.87. The summed E-state index contributed by atoms with van der Waals surface area (Å²) < 4.78 is 0. The average Bonchev–Trinajstić information content (AvgIpc) is 2.05. The van der Waals surface area contributed by atoms with Crippen LogP contribution in [-0.2, 0) is 0 Å². The molecule has 0 aromatic heterocycles. The Hall–Kier alpha value is -1.35. The minimum absolute atomic E-state index is 0.00678. The topological polar surface area (TPSA) is 70.1 Å². The number of nitrogens with one attached hydrogen (secondary N) is 1. The van der Waals surface area contributed by atoms with Crippen LogP contribution in [0.3, 0.4) is 0 Å². The third-order valence-electron chi connectivity index (χ3n) is 1.65. The molecule has 0 saturated carbocycles. The van der Waals surface area contributed by atoms with E-state index in [2.05, 4.69) is 0 Å². The fourth-order valence-electron chi connectivity index (χ4n) is 1.02. The SMILES string of the molecule is N=C(CCO)c1ccccc1N. The van der Waals surface area contributed by atoms with Gasteiger partial charge in [0.1, 0.15) is 0 Å². The Kier molecular flexibility index (Phi) is 2.82. The Morgan fingerprint density at radius 3 is 2.67 bits per heavy atom. The summed E-state index contributed by atoms with van der Waals surface area (Å²) in [6.07, 6.45) is 0.355. The van der Waals surface area contributed by atoms with Gasteiger partial charge in [-0.3, -0.25) is 0 Å². The van der Waals surface area contributed by atoms with Gasteiger partial charge in [0.25, 0.3) is 0 Å². The summed E-state index contributed by atoms with van der Waals surface area (Å²) >= 11 is 0. The highest BCUT2D eigenvalue weighted by atomic mass is 16.3. The van der Waals surface area contributed by atoms with Crippen molar-refractivity contribution in [3.8, 4) is 0 Å². The quantitative estimate of drug-likeness (QED) is 0.461. The number of anilines is 1. The molecule has 0 amide bonds. The maximum absolute atomic E-state index is 8.61. The van der Waals surface area contributed by atoms with Gasteiger partial charge in [0.05, 0.1) is 0 Å². The molecule has 0 radical (unpaired) electrons. The van der Waals surface area contributed by atoms with E-state index in [0.717, 1.165) is 0 Å². The van der Waals surface area contributed by atoms with Crippen molar-refractivity contribution in [3.63, 3.8) is 0 Å². The number of aliphatic hydroxyl groups excluding tert-OH is 1. The van der Waals surface area contributed by atoms with Crippen molar-refractivity contribution in [2.45, 2.75) is 6.42 Å². The van der Waals surface area contributed by atoms with Crippen LogP contribution >= 0.6 is 0 Å². The van der Waals surface area contributed by atoms with Gasteiger partial charge in [-0.05, 0) is 6.07 Å². The van der Waals surface area contributed by atoms with E-state index in [0.29, 0.717) is 23.4 Å². The van der Waals surface area contributed by atoms with Crippen LogP contribution in [0.25, 0.3) is 0 Å². The highest BCUT2D eigenvalue weighted by Gasteiger charge is 2.02. The molecule has 12 heavy (non-hydrogen) atoms. The molecule has 3 nitrogen and oxygen atoms in total. The van der Waals surface area contributed by atoms with E-state index >= 15 is 0 Å². The zero-order valence-corrected chi connectivity index (χ0v) is 6.75. The monoisotopic (exact) mass is 164 g/mol. The number of para-hydroxylation sites is 1. The van der Waals surface area contributed by atoms with Crippen molar-refractivity contribution < 1.29 is 5.11 Å². The molecule has 0 unspecified atom stereocenters. The molecule has 1 aromatic rings. The van der Waals surface area contributed by atoms with Crippen molar-refractivity contribution in [1.29, 1.82) is 5.41 Å². The summed E-state index contributed by atoms with van der Waals surface area (Å²) in [7, 11) is 0. The summed E-state index contributed by atoms with van der Waals surface area (Å²) in [5, 5.41) is 16.1. The summed E-state index contributed by atoms with van der Waals surface area (Å²) in [6, 6.07) is 7.19. The van der Waals surface area contributed by atoms with Crippen molar-refractivity contribution in [3.05, 3.63) is 29.8 Å². The second-order valence-electron chi connectivity index (χ2n) is 2.54. The molecule has 0 heterocycles. The molecule has 0 aliphatic carbocycles. The number of hydrogen-bond acceptors (Lipinski definition) is 3. The number of rotatable bonds is 3. The predicted octanol–water partition coefficient (Wildman–Crippen LogP) is 1.02. The molecule has 0 saturated heterocycles. The Morgan fingerprint density at radius 2 is 2.08 bits per heavy atom. The molecule has 0 bridgehead atoms. The fraction of sp³-hybridized carbons (Fsp3) is 0.222. The molecule has 0 aliphatic heterocycles. The van der Waals surface area contributed by atoms with Crippen molar-refractivity contribution in [1.82, 2.24) is 0 Å². The predicted molar refractivity (Wildman–Crippen MR) is 49.4 cm³/mol. The number of hydrogen-bond donors (Lipinski definition) is 3. The van der Waals surface area contributed by atoms with Gasteiger partial charge in [-0.15, -0.1) is 0 Å². The van der Waals surface area contributed by atoms with Gasteiger partial charge in [0, 0.05) is 30.0 Å². The maximum atomic E-state index is 8.61. The lowest BCUT2D eigenvalue weighted by Crippen LogP contribution is -2.05. The summed E-state index contributed by atoms with van der Waals surface area (Å²) in [6.45, 7) is -0.00678. The van der Waals surface area contributed by atoms with E-state index < -0.39 is 0 Å². The van der Waals surface area contributed by atoms with Crippen LogP contribution in [-0.4, -0.2) is 17.4 Å². The summed E-state index contributed by atoms with van der Waals surface area (Å²) in [5.41, 5.74) is 7.32. The molecule has 1 rings (SSSR count). The molecule has 1 aromatic carbocycles. The second-order valence-corrected chi connectivity index (χ2v) is 2.54. The van der Waals surface area contributed by atoms with Gasteiger partial charge in [0.2, 0.25) is 0 Å². The summed E-state index contributed by atoms with van der Waals surface area (Å²) in [4.78, 5) is 0. The van der Waals surface area contributed by atoms with E-state index in [1.165, 1.54) is 0 Å². The van der Waals surface area contributed by atoms with Crippen LogP contribution in [0.5, 0.6) is 0 Å². The fourth-order valence-corrected chi connectivity index (χ4v) is 1.02. The number of benzene rings is 1. The van der Waals surface area contributed by atoms with Crippen LogP contribution in [0, 0.1) is 5.41 Å². The number of aliphatic hydroxyl groups is 1. The zero-order valence-electron chi connectivity index (χ0n) is 6.75. The first-order chi connectivity index (χ1) is 5.75. The van der Waals surface area contributed by atoms with Gasteiger partial charge >= 0.3 is 0 Å². The summed E-state index contributed by atoms with van der Waals surface area (Å²) in [5.74, 6) is 0. The molecule has 0 fully saturated rings. The minimum atomic E-state index is -0.00678. The average molecular weight is 164 g/mol. The largest absolute Gasteiger partial charge is 0.398 e. The van der Waals surface area contributed by atoms with Crippen molar-refractivity contribution in [2.24, 2.45) is 0 Å². The number of nitrogens with two attached hydrogens (primary N) is 1. The van der Waals surface area contributed by atoms with Crippen LogP contribution < -0.4 is 5.73 Å². The lowest BCUT2D eigenvalue weighted by atomic mass is 10.1. The van der Waals surface area contributed by atoms with E-state index in [-0.39, 0.29) is 6.61 Å². The molecule has 0 spiro atoms. The first-order valence-corrected chi connectivity index (χ1v) is 3.79. The van der Waals surface area contributed by atoms with Gasteiger partial charge in [0.15, 0.2) is 0 Å². The molecule has 64 valence electrons. The van der Waals surface area contributed by atoms with Crippen molar-refractivity contribution >= 4 is 11.4 Å². The third kappa shape index (κ3) is 1.83. The third-order valence-corrected chi connectivity index (χ3v) is 1.65. The lowest BCUT2D eigenvalue weighted by molar-refractivity contribution is 0.307. The van der Waals surface area contributed by atoms with Gasteiger partial charge in [-0.2, -0.15) is 0 Å². The molecule has 4 N–H and O–H groups in total. The normalized spacial score (nSPS) is 9.75. The molecule has 0 aliphatic rings. The van der Waals surface area contributed by atoms with Crippen molar-refractivity contribution in [2.75, 3.05) is 12.3 Å². The van der Waals surface area contributed by atoms with Crippen LogP contribution in [0.1, 0.15) is 12.0 Å². The molecule has 3 heteroatoms. The molecule has 0 atom stereocenters. The Bertz CT molecular complexity index is 284. The number of nitrogen functional groups attached to an aromatic ring is 1. The zero-order chi connectivity index (χ0) is 8.97. The first kappa shape index (κ1) is 8.74. The Morgan fingerprint density at radius 1 is 1.42 bits per heavy atom. The smallest absolute Gasteiger partial charge is 0.0486 e. The van der Waals surface area contributed by atoms with E-state index in [1.54, 1.807) is 12.1 Å². The second kappa shape index (κ2) is 3.88. The lowest BCUT2D eigenvalue weighted by Gasteiger charge is -2.04. The van der Waals surface area contributed by atoms with Gasteiger partial charge in [-0.1, -0.05) is 18.2 Å². The highest BCUT2D eigenvalue weighted by molar-refractivity contribution is 6.02. The van der Waals surface area contributed by atoms with Crippen LogP contribution in [0.4, 0.5) is 5.69 Å². The molecular formula is C9H12N2O. The standard InChI is InChI=1S/C9H12N2O/c10-8-4-2-1-3-7(8)9(11)5-6-12/h1-4,11-12H,5-6,10H2. The maximum Gasteiger partial charge on any atom is 0.0486 e.